The predicted octanol–water partition coefficient (Wildman–Crippen LogP) is 3.12. The molecule has 0 aliphatic heterocycles. The van der Waals surface area contributed by atoms with Gasteiger partial charge in [-0.15, -0.1) is 0 Å². The van der Waals surface area contributed by atoms with Crippen molar-refractivity contribution >= 4 is 5.97 Å². The van der Waals surface area contributed by atoms with Crippen LogP contribution in [-0.4, -0.2) is 23.2 Å². The summed E-state index contributed by atoms with van der Waals surface area (Å²) < 4.78 is 37.9. The SMILES string of the molecule is COC(=O)C(C)(NCc1noc(Cc2ccccc2)n1)c1cc(F)ccc1F. The van der Waals surface area contributed by atoms with Crippen molar-refractivity contribution in [3.05, 3.63) is 83.0 Å². The van der Waals surface area contributed by atoms with Crippen molar-refractivity contribution in [1.82, 2.24) is 15.5 Å². The van der Waals surface area contributed by atoms with E-state index in [2.05, 4.69) is 15.5 Å². The second kappa shape index (κ2) is 8.26. The van der Waals surface area contributed by atoms with Crippen molar-refractivity contribution in [2.24, 2.45) is 0 Å². The molecule has 1 unspecified atom stereocenters. The third kappa shape index (κ3) is 4.23. The molecule has 1 heterocycles. The molecule has 1 aromatic heterocycles. The molecular weight excluding hydrogens is 368 g/mol. The topological polar surface area (TPSA) is 77.2 Å². The van der Waals surface area contributed by atoms with Crippen LogP contribution in [0, 0.1) is 11.6 Å². The first kappa shape index (κ1) is 19.6. The molecule has 0 amide bonds. The number of benzene rings is 2. The lowest BCUT2D eigenvalue weighted by molar-refractivity contribution is -0.148. The van der Waals surface area contributed by atoms with Crippen LogP contribution < -0.4 is 5.32 Å². The Balaban J connectivity index is 1.78. The van der Waals surface area contributed by atoms with Gasteiger partial charge in [-0.3, -0.25) is 5.32 Å². The lowest BCUT2D eigenvalue weighted by Gasteiger charge is -2.28. The maximum atomic E-state index is 14.3. The highest BCUT2D eigenvalue weighted by molar-refractivity contribution is 5.82. The van der Waals surface area contributed by atoms with Crippen molar-refractivity contribution in [3.63, 3.8) is 0 Å². The van der Waals surface area contributed by atoms with Crippen molar-refractivity contribution in [2.75, 3.05) is 7.11 Å². The van der Waals surface area contributed by atoms with Gasteiger partial charge in [-0.05, 0) is 30.7 Å². The van der Waals surface area contributed by atoms with Gasteiger partial charge in [-0.2, -0.15) is 4.98 Å². The Morgan fingerprint density at radius 2 is 1.96 bits per heavy atom. The zero-order chi connectivity index (χ0) is 20.1. The van der Waals surface area contributed by atoms with Crippen molar-refractivity contribution in [3.8, 4) is 0 Å². The van der Waals surface area contributed by atoms with E-state index in [4.69, 9.17) is 9.26 Å². The minimum Gasteiger partial charge on any atom is -0.467 e. The molecule has 0 fully saturated rings. The molecular formula is C20H19F2N3O3. The molecule has 0 saturated heterocycles. The van der Waals surface area contributed by atoms with E-state index < -0.39 is 23.1 Å². The zero-order valence-electron chi connectivity index (χ0n) is 15.4. The number of methoxy groups -OCH3 is 1. The summed E-state index contributed by atoms with van der Waals surface area (Å²) in [6.07, 6.45) is 0.459. The van der Waals surface area contributed by atoms with Gasteiger partial charge in [0.2, 0.25) is 5.89 Å². The number of hydrogen-bond donors (Lipinski definition) is 1. The summed E-state index contributed by atoms with van der Waals surface area (Å²) in [5, 5.41) is 6.72. The summed E-state index contributed by atoms with van der Waals surface area (Å²) in [6, 6.07) is 12.5. The summed E-state index contributed by atoms with van der Waals surface area (Å²) in [6.45, 7) is 1.39. The number of hydrogen-bond acceptors (Lipinski definition) is 6. The molecule has 0 aliphatic carbocycles. The van der Waals surface area contributed by atoms with Gasteiger partial charge >= 0.3 is 5.97 Å². The molecule has 2 aromatic carbocycles. The van der Waals surface area contributed by atoms with Crippen molar-refractivity contribution < 1.29 is 22.8 Å². The molecule has 0 bridgehead atoms. The molecule has 1 N–H and O–H groups in total. The van der Waals surface area contributed by atoms with Crippen LogP contribution in [0.3, 0.4) is 0 Å². The molecule has 28 heavy (non-hydrogen) atoms. The largest absolute Gasteiger partial charge is 0.467 e. The molecule has 3 aromatic rings. The standard InChI is InChI=1S/C20H19F2N3O3/c1-20(19(26)27-2,15-11-14(21)8-9-16(15)22)23-12-17-24-18(28-25-17)10-13-6-4-3-5-7-13/h3-9,11,23H,10,12H2,1-2H3. The number of carbonyl (C=O) groups is 1. The third-order valence-electron chi connectivity index (χ3n) is 4.37. The van der Waals surface area contributed by atoms with Gasteiger partial charge in [0, 0.05) is 5.56 Å². The van der Waals surface area contributed by atoms with E-state index in [1.165, 1.54) is 14.0 Å². The van der Waals surface area contributed by atoms with Crippen molar-refractivity contribution in [1.29, 1.82) is 0 Å². The van der Waals surface area contributed by atoms with Gasteiger partial charge in [0.05, 0.1) is 20.1 Å². The number of aromatic nitrogens is 2. The molecule has 3 rings (SSSR count). The van der Waals surface area contributed by atoms with E-state index >= 15 is 0 Å². The minimum absolute atomic E-state index is 0.0140. The molecule has 0 spiro atoms. The quantitative estimate of drug-likeness (QED) is 0.628. The Morgan fingerprint density at radius 1 is 1.21 bits per heavy atom. The molecule has 8 heteroatoms. The summed E-state index contributed by atoms with van der Waals surface area (Å²) in [5.41, 5.74) is -0.805. The maximum absolute atomic E-state index is 14.3. The smallest absolute Gasteiger partial charge is 0.330 e. The highest BCUT2D eigenvalue weighted by Gasteiger charge is 2.39. The van der Waals surface area contributed by atoms with Crippen LogP contribution in [0.2, 0.25) is 0 Å². The lowest BCUT2D eigenvalue weighted by atomic mass is 9.91. The molecule has 0 aliphatic rings. The van der Waals surface area contributed by atoms with Crippen LogP contribution in [-0.2, 0) is 28.0 Å². The summed E-state index contributed by atoms with van der Waals surface area (Å²) in [5.74, 6) is -1.50. The lowest BCUT2D eigenvalue weighted by Crippen LogP contribution is -2.47. The maximum Gasteiger partial charge on any atom is 0.330 e. The van der Waals surface area contributed by atoms with Crippen LogP contribution in [0.25, 0.3) is 0 Å². The van der Waals surface area contributed by atoms with Crippen LogP contribution in [0.5, 0.6) is 0 Å². The highest BCUT2D eigenvalue weighted by atomic mass is 19.1. The first-order valence-corrected chi connectivity index (χ1v) is 8.56. The fourth-order valence-corrected chi connectivity index (χ4v) is 2.82. The average Bonchev–Trinajstić information content (AvgIpc) is 3.15. The Labute approximate surface area is 160 Å². The Kier molecular flexibility index (Phi) is 5.79. The summed E-state index contributed by atoms with van der Waals surface area (Å²) >= 11 is 0. The van der Waals surface area contributed by atoms with Crippen LogP contribution in [0.4, 0.5) is 8.78 Å². The predicted molar refractivity (Wildman–Crippen MR) is 96.1 cm³/mol. The fraction of sp³-hybridized carbons (Fsp3) is 0.250. The molecule has 146 valence electrons. The van der Waals surface area contributed by atoms with Gasteiger partial charge in [0.15, 0.2) is 5.82 Å². The molecule has 0 saturated carbocycles. The zero-order valence-corrected chi connectivity index (χ0v) is 15.4. The molecule has 1 atom stereocenters. The number of halogens is 2. The van der Waals surface area contributed by atoms with E-state index in [-0.39, 0.29) is 17.9 Å². The van der Waals surface area contributed by atoms with Crippen LogP contribution in [0.1, 0.15) is 29.8 Å². The van der Waals surface area contributed by atoms with Gasteiger partial charge in [-0.1, -0.05) is 35.5 Å². The summed E-state index contributed by atoms with van der Waals surface area (Å²) in [4.78, 5) is 16.6. The monoisotopic (exact) mass is 387 g/mol. The van der Waals surface area contributed by atoms with Gasteiger partial charge < -0.3 is 9.26 Å². The number of rotatable bonds is 7. The molecule has 6 nitrogen and oxygen atoms in total. The summed E-state index contributed by atoms with van der Waals surface area (Å²) in [7, 11) is 1.17. The van der Waals surface area contributed by atoms with E-state index in [1.807, 2.05) is 30.3 Å². The first-order chi connectivity index (χ1) is 13.4. The van der Waals surface area contributed by atoms with E-state index in [9.17, 15) is 13.6 Å². The van der Waals surface area contributed by atoms with Gasteiger partial charge in [0.1, 0.15) is 17.2 Å². The van der Waals surface area contributed by atoms with E-state index in [1.54, 1.807) is 0 Å². The highest BCUT2D eigenvalue weighted by Crippen LogP contribution is 2.26. The van der Waals surface area contributed by atoms with E-state index in [0.717, 1.165) is 23.8 Å². The Bertz CT molecular complexity index is 962. The number of nitrogens with zero attached hydrogens (tertiary/aromatic N) is 2. The van der Waals surface area contributed by atoms with Gasteiger partial charge in [-0.25, -0.2) is 13.6 Å². The second-order valence-corrected chi connectivity index (χ2v) is 6.36. The van der Waals surface area contributed by atoms with E-state index in [0.29, 0.717) is 12.3 Å². The first-order valence-electron chi connectivity index (χ1n) is 8.56. The normalized spacial score (nSPS) is 13.1. The number of ether oxygens (including phenoxy) is 1. The fourth-order valence-electron chi connectivity index (χ4n) is 2.82. The second-order valence-electron chi connectivity index (χ2n) is 6.36. The number of esters is 1. The Morgan fingerprint density at radius 3 is 2.68 bits per heavy atom. The van der Waals surface area contributed by atoms with Crippen LogP contribution in [0.15, 0.2) is 53.1 Å². The average molecular weight is 387 g/mol. The number of carbonyl (C=O) groups excluding carboxylic acids is 1. The number of nitrogens with one attached hydrogen (secondary N) is 1. The Hall–Kier alpha value is -3.13. The van der Waals surface area contributed by atoms with Crippen LogP contribution >= 0.6 is 0 Å². The van der Waals surface area contributed by atoms with Gasteiger partial charge in [0.25, 0.3) is 0 Å². The van der Waals surface area contributed by atoms with Crippen molar-refractivity contribution in [2.45, 2.75) is 25.4 Å². The third-order valence-corrected chi connectivity index (χ3v) is 4.37. The minimum atomic E-state index is -1.64. The molecule has 0 radical (unpaired) electrons.